The lowest BCUT2D eigenvalue weighted by atomic mass is 9.98. The van der Waals surface area contributed by atoms with Gasteiger partial charge in [0.2, 0.25) is 0 Å². The van der Waals surface area contributed by atoms with Crippen molar-refractivity contribution in [2.45, 2.75) is 52.0 Å². The molecule has 2 aromatic rings. The fourth-order valence-electron chi connectivity index (χ4n) is 3.02. The molecule has 2 heterocycles. The van der Waals surface area contributed by atoms with Gasteiger partial charge in [-0.2, -0.15) is 0 Å². The summed E-state index contributed by atoms with van der Waals surface area (Å²) in [7, 11) is 0. The molecule has 1 aromatic carbocycles. The van der Waals surface area contributed by atoms with Crippen molar-refractivity contribution in [3.63, 3.8) is 0 Å². The predicted octanol–water partition coefficient (Wildman–Crippen LogP) is 3.35. The van der Waals surface area contributed by atoms with Gasteiger partial charge >= 0.3 is 0 Å². The van der Waals surface area contributed by atoms with Crippen LogP contribution in [-0.4, -0.2) is 15.5 Å². The van der Waals surface area contributed by atoms with Gasteiger partial charge in [0.1, 0.15) is 11.4 Å². The largest absolute Gasteiger partial charge is 0.322 e. The second-order valence-electron chi connectivity index (χ2n) is 6.39. The maximum Gasteiger partial charge on any atom is 0.266 e. The van der Waals surface area contributed by atoms with Crippen LogP contribution in [0.2, 0.25) is 0 Å². The topological polar surface area (TPSA) is 64.0 Å². The lowest BCUT2D eigenvalue weighted by molar-refractivity contribution is 0.102. The van der Waals surface area contributed by atoms with E-state index in [1.165, 1.54) is 11.8 Å². The van der Waals surface area contributed by atoms with Gasteiger partial charge < -0.3 is 5.32 Å². The van der Waals surface area contributed by atoms with Gasteiger partial charge in [-0.1, -0.05) is 26.0 Å². The van der Waals surface area contributed by atoms with E-state index in [-0.39, 0.29) is 11.1 Å². The second kappa shape index (κ2) is 6.99. The molecule has 126 valence electrons. The molecule has 1 N–H and O–H groups in total. The zero-order chi connectivity index (χ0) is 17.1. The molecule has 5 nitrogen and oxygen atoms in total. The monoisotopic (exact) mass is 325 g/mol. The third-order valence-corrected chi connectivity index (χ3v) is 4.73. The molecular weight excluding hydrogens is 302 g/mol. The number of anilines is 1. The Balaban J connectivity index is 1.84. The number of hydrogen-bond acceptors (Lipinski definition) is 3. The summed E-state index contributed by atoms with van der Waals surface area (Å²) >= 11 is 0. The molecule has 1 aliphatic heterocycles. The summed E-state index contributed by atoms with van der Waals surface area (Å²) < 4.78 is 1.63. The van der Waals surface area contributed by atoms with Crippen molar-refractivity contribution < 1.29 is 4.79 Å². The number of carbonyl (C=O) groups excluding carboxylic acids is 1. The van der Waals surface area contributed by atoms with Gasteiger partial charge in [-0.3, -0.25) is 14.2 Å². The maximum absolute atomic E-state index is 12.5. The summed E-state index contributed by atoms with van der Waals surface area (Å²) in [4.78, 5) is 29.3. The van der Waals surface area contributed by atoms with E-state index >= 15 is 0 Å². The number of aryl methyl sites for hydroxylation is 1. The van der Waals surface area contributed by atoms with Gasteiger partial charge in [0, 0.05) is 24.8 Å². The highest BCUT2D eigenvalue weighted by Gasteiger charge is 2.18. The van der Waals surface area contributed by atoms with E-state index in [0.717, 1.165) is 31.5 Å². The highest BCUT2D eigenvalue weighted by Crippen LogP contribution is 2.22. The number of fused-ring (bicyclic) bond motifs is 1. The molecule has 1 amide bonds. The Morgan fingerprint density at radius 1 is 1.38 bits per heavy atom. The molecule has 0 radical (unpaired) electrons. The second-order valence-corrected chi connectivity index (χ2v) is 6.39. The summed E-state index contributed by atoms with van der Waals surface area (Å²) in [5, 5.41) is 2.83. The van der Waals surface area contributed by atoms with Crippen molar-refractivity contribution in [2.24, 2.45) is 0 Å². The SMILES string of the molecule is CCC(C)c1cccc(NC(=O)c2cnc3n(c2=O)CCCC3)c1. The molecule has 24 heavy (non-hydrogen) atoms. The summed E-state index contributed by atoms with van der Waals surface area (Å²) in [5.41, 5.74) is 1.75. The molecule has 1 aromatic heterocycles. The van der Waals surface area contributed by atoms with E-state index in [0.29, 0.717) is 18.2 Å². The number of nitrogens with one attached hydrogen (secondary N) is 1. The summed E-state index contributed by atoms with van der Waals surface area (Å²) in [5.74, 6) is 0.814. The van der Waals surface area contributed by atoms with Crippen molar-refractivity contribution >= 4 is 11.6 Å². The number of aromatic nitrogens is 2. The Morgan fingerprint density at radius 2 is 2.21 bits per heavy atom. The van der Waals surface area contributed by atoms with Crippen molar-refractivity contribution in [3.8, 4) is 0 Å². The highest BCUT2D eigenvalue weighted by molar-refractivity contribution is 6.03. The molecule has 0 fully saturated rings. The van der Waals surface area contributed by atoms with Crippen molar-refractivity contribution in [1.29, 1.82) is 0 Å². The Bertz CT molecular complexity index is 810. The minimum atomic E-state index is -0.394. The van der Waals surface area contributed by atoms with Crippen LogP contribution in [0.3, 0.4) is 0 Å². The number of nitrogens with zero attached hydrogens (tertiary/aromatic N) is 2. The molecule has 3 rings (SSSR count). The number of amides is 1. The fraction of sp³-hybridized carbons (Fsp3) is 0.421. The lowest BCUT2D eigenvalue weighted by Gasteiger charge is -2.17. The van der Waals surface area contributed by atoms with Crippen LogP contribution in [0.4, 0.5) is 5.69 Å². The fourth-order valence-corrected chi connectivity index (χ4v) is 3.02. The molecule has 1 unspecified atom stereocenters. The molecular formula is C19H23N3O2. The standard InChI is InChI=1S/C19H23N3O2/c1-3-13(2)14-7-6-8-15(11-14)21-18(23)16-12-20-17-9-4-5-10-22(17)19(16)24/h6-8,11-13H,3-5,9-10H2,1-2H3,(H,21,23). The average Bonchev–Trinajstić information content (AvgIpc) is 2.61. The lowest BCUT2D eigenvalue weighted by Crippen LogP contribution is -2.33. The first-order valence-electron chi connectivity index (χ1n) is 8.60. The molecule has 5 heteroatoms. The van der Waals surface area contributed by atoms with Gasteiger partial charge in [0.15, 0.2) is 0 Å². The van der Waals surface area contributed by atoms with Crippen LogP contribution < -0.4 is 10.9 Å². The Kier molecular flexibility index (Phi) is 4.79. The Hall–Kier alpha value is -2.43. The summed E-state index contributed by atoms with van der Waals surface area (Å²) in [6.07, 6.45) is 5.24. The van der Waals surface area contributed by atoms with Gasteiger partial charge in [0.05, 0.1) is 0 Å². The van der Waals surface area contributed by atoms with E-state index in [2.05, 4.69) is 30.2 Å². The van der Waals surface area contributed by atoms with Gasteiger partial charge in [-0.15, -0.1) is 0 Å². The van der Waals surface area contributed by atoms with Crippen molar-refractivity contribution in [3.05, 3.63) is 57.8 Å². The number of rotatable bonds is 4. The number of hydrogen-bond donors (Lipinski definition) is 1. The molecule has 0 spiro atoms. The zero-order valence-electron chi connectivity index (χ0n) is 14.2. The molecule has 0 bridgehead atoms. The third-order valence-electron chi connectivity index (χ3n) is 4.73. The van der Waals surface area contributed by atoms with Crippen LogP contribution in [0.5, 0.6) is 0 Å². The van der Waals surface area contributed by atoms with E-state index < -0.39 is 5.91 Å². The van der Waals surface area contributed by atoms with Gasteiger partial charge in [0.25, 0.3) is 11.5 Å². The van der Waals surface area contributed by atoms with E-state index in [1.54, 1.807) is 4.57 Å². The first-order chi connectivity index (χ1) is 11.6. The number of benzene rings is 1. The van der Waals surface area contributed by atoms with Crippen LogP contribution in [0, 0.1) is 0 Å². The minimum absolute atomic E-state index is 0.106. The van der Waals surface area contributed by atoms with Crippen LogP contribution in [-0.2, 0) is 13.0 Å². The third kappa shape index (κ3) is 3.25. The highest BCUT2D eigenvalue weighted by atomic mass is 16.2. The molecule has 1 aliphatic rings. The normalized spacial score (nSPS) is 14.8. The maximum atomic E-state index is 12.5. The Labute approximate surface area is 141 Å². The van der Waals surface area contributed by atoms with E-state index in [1.807, 2.05) is 18.2 Å². The van der Waals surface area contributed by atoms with Gasteiger partial charge in [-0.05, 0) is 42.9 Å². The molecule has 0 aliphatic carbocycles. The van der Waals surface area contributed by atoms with E-state index in [9.17, 15) is 9.59 Å². The van der Waals surface area contributed by atoms with Crippen LogP contribution in [0.15, 0.2) is 35.3 Å². The minimum Gasteiger partial charge on any atom is -0.322 e. The average molecular weight is 325 g/mol. The first-order valence-corrected chi connectivity index (χ1v) is 8.60. The zero-order valence-corrected chi connectivity index (χ0v) is 14.2. The molecule has 0 saturated carbocycles. The van der Waals surface area contributed by atoms with Crippen LogP contribution in [0.25, 0.3) is 0 Å². The van der Waals surface area contributed by atoms with Crippen molar-refractivity contribution in [1.82, 2.24) is 9.55 Å². The predicted molar refractivity (Wildman–Crippen MR) is 94.5 cm³/mol. The summed E-state index contributed by atoms with van der Waals surface area (Å²) in [6, 6.07) is 7.79. The smallest absolute Gasteiger partial charge is 0.266 e. The quantitative estimate of drug-likeness (QED) is 0.937. The first kappa shape index (κ1) is 16.4. The van der Waals surface area contributed by atoms with E-state index in [4.69, 9.17) is 0 Å². The molecule has 0 saturated heterocycles. The van der Waals surface area contributed by atoms with Gasteiger partial charge in [-0.25, -0.2) is 4.98 Å². The van der Waals surface area contributed by atoms with Crippen LogP contribution >= 0.6 is 0 Å². The van der Waals surface area contributed by atoms with Crippen LogP contribution in [0.1, 0.15) is 60.8 Å². The molecule has 1 atom stereocenters. The Morgan fingerprint density at radius 3 is 3.00 bits per heavy atom. The van der Waals surface area contributed by atoms with Crippen molar-refractivity contribution in [2.75, 3.05) is 5.32 Å². The summed E-state index contributed by atoms with van der Waals surface area (Å²) in [6.45, 7) is 4.93. The number of carbonyl (C=O) groups is 1.